The van der Waals surface area contributed by atoms with Gasteiger partial charge in [-0.1, -0.05) is 18.9 Å². The Bertz CT molecular complexity index is 453. The fourth-order valence-corrected chi connectivity index (χ4v) is 3.07. The standard InChI is InChI=1S/C14H19IN2O/c1-10-11(15)5-4-6-12(10)17-13(18)14(9-16)7-2-3-8-14/h4-6H,2-3,7-9,16H2,1H3,(H,17,18). The van der Waals surface area contributed by atoms with Gasteiger partial charge in [-0.2, -0.15) is 0 Å². The monoisotopic (exact) mass is 358 g/mol. The summed E-state index contributed by atoms with van der Waals surface area (Å²) in [4.78, 5) is 12.4. The maximum atomic E-state index is 12.4. The van der Waals surface area contributed by atoms with E-state index in [-0.39, 0.29) is 11.3 Å². The van der Waals surface area contributed by atoms with E-state index < -0.39 is 0 Å². The van der Waals surface area contributed by atoms with Crippen molar-refractivity contribution in [2.45, 2.75) is 32.6 Å². The minimum Gasteiger partial charge on any atom is -0.329 e. The number of carbonyl (C=O) groups excluding carboxylic acids is 1. The van der Waals surface area contributed by atoms with Crippen LogP contribution in [0, 0.1) is 15.9 Å². The van der Waals surface area contributed by atoms with Crippen LogP contribution in [0.1, 0.15) is 31.2 Å². The van der Waals surface area contributed by atoms with E-state index >= 15 is 0 Å². The Hall–Kier alpha value is -0.620. The minimum atomic E-state index is -0.340. The molecule has 1 aliphatic rings. The van der Waals surface area contributed by atoms with Crippen LogP contribution in [0.2, 0.25) is 0 Å². The van der Waals surface area contributed by atoms with Crippen molar-refractivity contribution in [3.8, 4) is 0 Å². The lowest BCUT2D eigenvalue weighted by Crippen LogP contribution is -2.40. The summed E-state index contributed by atoms with van der Waals surface area (Å²) in [5, 5.41) is 3.06. The van der Waals surface area contributed by atoms with Crippen LogP contribution >= 0.6 is 22.6 Å². The molecule has 98 valence electrons. The van der Waals surface area contributed by atoms with Crippen LogP contribution < -0.4 is 11.1 Å². The number of carbonyl (C=O) groups is 1. The number of halogens is 1. The molecule has 0 atom stereocenters. The van der Waals surface area contributed by atoms with E-state index in [2.05, 4.69) is 27.9 Å². The lowest BCUT2D eigenvalue weighted by molar-refractivity contribution is -0.124. The molecule has 0 heterocycles. The van der Waals surface area contributed by atoms with Gasteiger partial charge in [-0.15, -0.1) is 0 Å². The molecule has 3 nitrogen and oxygen atoms in total. The molecule has 1 saturated carbocycles. The quantitative estimate of drug-likeness (QED) is 0.816. The predicted octanol–water partition coefficient (Wildman–Crippen LogP) is 3.06. The van der Waals surface area contributed by atoms with E-state index in [0.717, 1.165) is 36.9 Å². The van der Waals surface area contributed by atoms with Gasteiger partial charge in [0, 0.05) is 15.8 Å². The van der Waals surface area contributed by atoms with Gasteiger partial charge in [0.05, 0.1) is 5.41 Å². The number of hydrogen-bond acceptors (Lipinski definition) is 2. The molecule has 0 bridgehead atoms. The summed E-state index contributed by atoms with van der Waals surface area (Å²) in [6, 6.07) is 5.96. The van der Waals surface area contributed by atoms with Crippen LogP contribution in [-0.4, -0.2) is 12.5 Å². The van der Waals surface area contributed by atoms with Crippen LogP contribution in [0.15, 0.2) is 18.2 Å². The number of benzene rings is 1. The van der Waals surface area contributed by atoms with Crippen molar-refractivity contribution < 1.29 is 4.79 Å². The average Bonchev–Trinajstić information content (AvgIpc) is 2.85. The van der Waals surface area contributed by atoms with E-state index in [0.29, 0.717) is 6.54 Å². The summed E-state index contributed by atoms with van der Waals surface area (Å²) in [7, 11) is 0. The van der Waals surface area contributed by atoms with E-state index in [1.807, 2.05) is 25.1 Å². The number of nitrogens with two attached hydrogens (primary N) is 1. The van der Waals surface area contributed by atoms with Crippen LogP contribution in [0.4, 0.5) is 5.69 Å². The van der Waals surface area contributed by atoms with Crippen molar-refractivity contribution in [1.29, 1.82) is 0 Å². The summed E-state index contributed by atoms with van der Waals surface area (Å²) < 4.78 is 1.17. The number of amides is 1. The highest BCUT2D eigenvalue weighted by atomic mass is 127. The highest BCUT2D eigenvalue weighted by Gasteiger charge is 2.39. The zero-order chi connectivity index (χ0) is 13.2. The van der Waals surface area contributed by atoms with E-state index in [4.69, 9.17) is 5.73 Å². The second-order valence-corrected chi connectivity index (χ2v) is 6.22. The van der Waals surface area contributed by atoms with Crippen molar-refractivity contribution in [2.24, 2.45) is 11.1 Å². The number of anilines is 1. The van der Waals surface area contributed by atoms with Crippen molar-refractivity contribution >= 4 is 34.2 Å². The highest BCUT2D eigenvalue weighted by Crippen LogP contribution is 2.38. The highest BCUT2D eigenvalue weighted by molar-refractivity contribution is 14.1. The molecule has 1 amide bonds. The van der Waals surface area contributed by atoms with Crippen LogP contribution in [0.3, 0.4) is 0 Å². The molecule has 1 aliphatic carbocycles. The van der Waals surface area contributed by atoms with Gasteiger partial charge in [-0.3, -0.25) is 4.79 Å². The summed E-state index contributed by atoms with van der Waals surface area (Å²) >= 11 is 2.28. The Labute approximate surface area is 122 Å². The fraction of sp³-hybridized carbons (Fsp3) is 0.500. The second kappa shape index (κ2) is 5.57. The maximum absolute atomic E-state index is 12.4. The molecule has 18 heavy (non-hydrogen) atoms. The molecule has 2 rings (SSSR count). The molecule has 0 saturated heterocycles. The maximum Gasteiger partial charge on any atom is 0.231 e. The second-order valence-electron chi connectivity index (χ2n) is 5.06. The molecule has 0 spiro atoms. The number of rotatable bonds is 3. The van der Waals surface area contributed by atoms with Crippen molar-refractivity contribution in [2.75, 3.05) is 11.9 Å². The van der Waals surface area contributed by atoms with Crippen LogP contribution in [0.5, 0.6) is 0 Å². The zero-order valence-corrected chi connectivity index (χ0v) is 12.8. The summed E-state index contributed by atoms with van der Waals surface area (Å²) in [5.41, 5.74) is 7.52. The van der Waals surface area contributed by atoms with Crippen LogP contribution in [-0.2, 0) is 4.79 Å². The smallest absolute Gasteiger partial charge is 0.231 e. The molecule has 3 N–H and O–H groups in total. The largest absolute Gasteiger partial charge is 0.329 e. The molecule has 0 aromatic heterocycles. The molecule has 0 unspecified atom stereocenters. The lowest BCUT2D eigenvalue weighted by Gasteiger charge is -2.26. The molecular formula is C14H19IN2O. The molecule has 1 aromatic rings. The van der Waals surface area contributed by atoms with Gasteiger partial charge in [0.2, 0.25) is 5.91 Å². The third kappa shape index (κ3) is 2.54. The molecule has 1 aromatic carbocycles. The van der Waals surface area contributed by atoms with Gasteiger partial charge in [0.15, 0.2) is 0 Å². The van der Waals surface area contributed by atoms with Crippen molar-refractivity contribution in [1.82, 2.24) is 0 Å². The Morgan fingerprint density at radius 2 is 2.11 bits per heavy atom. The van der Waals surface area contributed by atoms with Gasteiger partial charge in [0.1, 0.15) is 0 Å². The lowest BCUT2D eigenvalue weighted by atomic mass is 9.85. The predicted molar refractivity (Wildman–Crippen MR) is 82.5 cm³/mol. The Morgan fingerprint density at radius 3 is 2.72 bits per heavy atom. The molecule has 0 aliphatic heterocycles. The third-order valence-corrected chi connectivity index (χ3v) is 5.12. The summed E-state index contributed by atoms with van der Waals surface area (Å²) in [6.07, 6.45) is 4.04. The third-order valence-electron chi connectivity index (χ3n) is 3.95. The van der Waals surface area contributed by atoms with E-state index in [1.54, 1.807) is 0 Å². The van der Waals surface area contributed by atoms with Crippen molar-refractivity contribution in [3.63, 3.8) is 0 Å². The topological polar surface area (TPSA) is 55.1 Å². The SMILES string of the molecule is Cc1c(I)cccc1NC(=O)C1(CN)CCCC1. The molecule has 4 heteroatoms. The molecule has 0 radical (unpaired) electrons. The molecule has 1 fully saturated rings. The Morgan fingerprint density at radius 1 is 1.44 bits per heavy atom. The number of hydrogen-bond donors (Lipinski definition) is 2. The Kier molecular flexibility index (Phi) is 4.27. The average molecular weight is 358 g/mol. The molecular weight excluding hydrogens is 339 g/mol. The number of nitrogens with one attached hydrogen (secondary N) is 1. The van der Waals surface area contributed by atoms with Gasteiger partial charge in [-0.25, -0.2) is 0 Å². The van der Waals surface area contributed by atoms with Gasteiger partial charge in [-0.05, 0) is 60.1 Å². The Balaban J connectivity index is 2.18. The van der Waals surface area contributed by atoms with Gasteiger partial charge in [0.25, 0.3) is 0 Å². The van der Waals surface area contributed by atoms with E-state index in [1.165, 1.54) is 3.57 Å². The first-order valence-corrected chi connectivity index (χ1v) is 7.43. The van der Waals surface area contributed by atoms with Crippen molar-refractivity contribution in [3.05, 3.63) is 27.3 Å². The van der Waals surface area contributed by atoms with Gasteiger partial charge < -0.3 is 11.1 Å². The summed E-state index contributed by atoms with van der Waals surface area (Å²) in [6.45, 7) is 2.48. The minimum absolute atomic E-state index is 0.0904. The van der Waals surface area contributed by atoms with Crippen LogP contribution in [0.25, 0.3) is 0 Å². The summed E-state index contributed by atoms with van der Waals surface area (Å²) in [5.74, 6) is 0.0904. The first-order valence-electron chi connectivity index (χ1n) is 6.36. The van der Waals surface area contributed by atoms with Gasteiger partial charge >= 0.3 is 0 Å². The first-order chi connectivity index (χ1) is 8.59. The first kappa shape index (κ1) is 13.8. The van der Waals surface area contributed by atoms with E-state index in [9.17, 15) is 4.79 Å². The fourth-order valence-electron chi connectivity index (χ4n) is 2.57. The normalized spacial score (nSPS) is 17.7. The zero-order valence-electron chi connectivity index (χ0n) is 10.6.